The summed E-state index contributed by atoms with van der Waals surface area (Å²) in [4.78, 5) is 4.70. The second kappa shape index (κ2) is 5.46. The number of aromatic nitrogens is 4. The van der Waals surface area contributed by atoms with E-state index in [2.05, 4.69) is 21.7 Å². The highest BCUT2D eigenvalue weighted by Gasteiger charge is 2.13. The number of imidazole rings is 1. The first-order chi connectivity index (χ1) is 9.79. The SMILES string of the molecule is CCCNCc1c(-n2cc(C)cn2)nc2ccccn12. The quantitative estimate of drug-likeness (QED) is 0.723. The number of pyridine rings is 1. The third-order valence-electron chi connectivity index (χ3n) is 3.26. The van der Waals surface area contributed by atoms with Gasteiger partial charge in [-0.2, -0.15) is 5.10 Å². The molecule has 3 heterocycles. The Hall–Kier alpha value is -2.14. The van der Waals surface area contributed by atoms with Crippen molar-refractivity contribution in [2.75, 3.05) is 6.54 Å². The van der Waals surface area contributed by atoms with Crippen LogP contribution in [0, 0.1) is 6.92 Å². The summed E-state index contributed by atoms with van der Waals surface area (Å²) in [6, 6.07) is 6.04. The van der Waals surface area contributed by atoms with Gasteiger partial charge in [-0.05, 0) is 37.6 Å². The van der Waals surface area contributed by atoms with Gasteiger partial charge in [0.2, 0.25) is 0 Å². The Morgan fingerprint density at radius 1 is 1.30 bits per heavy atom. The van der Waals surface area contributed by atoms with Crippen LogP contribution in [0.5, 0.6) is 0 Å². The number of nitrogens with one attached hydrogen (secondary N) is 1. The molecule has 0 spiro atoms. The minimum absolute atomic E-state index is 0.785. The Morgan fingerprint density at radius 2 is 2.20 bits per heavy atom. The van der Waals surface area contributed by atoms with Crippen molar-refractivity contribution >= 4 is 5.65 Å². The number of hydrogen-bond donors (Lipinski definition) is 1. The van der Waals surface area contributed by atoms with Crippen molar-refractivity contribution in [3.05, 3.63) is 48.0 Å². The lowest BCUT2D eigenvalue weighted by Gasteiger charge is -2.06. The second-order valence-corrected chi connectivity index (χ2v) is 4.95. The van der Waals surface area contributed by atoms with E-state index >= 15 is 0 Å². The molecule has 0 aromatic carbocycles. The molecule has 0 unspecified atom stereocenters. The zero-order valence-electron chi connectivity index (χ0n) is 11.9. The molecule has 1 N–H and O–H groups in total. The molecule has 3 rings (SSSR count). The summed E-state index contributed by atoms with van der Waals surface area (Å²) < 4.78 is 3.97. The minimum Gasteiger partial charge on any atom is -0.311 e. The summed E-state index contributed by atoms with van der Waals surface area (Å²) in [5.74, 6) is 0.896. The van der Waals surface area contributed by atoms with E-state index in [-0.39, 0.29) is 0 Å². The zero-order valence-corrected chi connectivity index (χ0v) is 11.9. The number of nitrogens with zero attached hydrogens (tertiary/aromatic N) is 4. The van der Waals surface area contributed by atoms with Crippen LogP contribution in [0.25, 0.3) is 11.5 Å². The summed E-state index contributed by atoms with van der Waals surface area (Å²) in [5, 5.41) is 7.83. The van der Waals surface area contributed by atoms with E-state index < -0.39 is 0 Å². The molecule has 0 aliphatic heterocycles. The van der Waals surface area contributed by atoms with Gasteiger partial charge in [0.15, 0.2) is 5.82 Å². The maximum absolute atomic E-state index is 4.70. The molecule has 0 atom stereocenters. The van der Waals surface area contributed by atoms with E-state index in [0.29, 0.717) is 0 Å². The van der Waals surface area contributed by atoms with Gasteiger partial charge in [0.25, 0.3) is 0 Å². The van der Waals surface area contributed by atoms with Crippen LogP contribution in [-0.4, -0.2) is 25.7 Å². The molecule has 0 bridgehead atoms. The van der Waals surface area contributed by atoms with Crippen LogP contribution in [0.15, 0.2) is 36.8 Å². The average molecular weight is 269 g/mol. The van der Waals surface area contributed by atoms with Gasteiger partial charge in [-0.15, -0.1) is 0 Å². The van der Waals surface area contributed by atoms with Crippen LogP contribution in [-0.2, 0) is 6.54 Å². The predicted molar refractivity (Wildman–Crippen MR) is 79.0 cm³/mol. The first kappa shape index (κ1) is 12.9. The lowest BCUT2D eigenvalue weighted by Crippen LogP contribution is -2.17. The van der Waals surface area contributed by atoms with Crippen LogP contribution in [0.1, 0.15) is 24.6 Å². The fourth-order valence-electron chi connectivity index (χ4n) is 2.29. The van der Waals surface area contributed by atoms with Crippen LogP contribution >= 0.6 is 0 Å². The second-order valence-electron chi connectivity index (χ2n) is 4.95. The zero-order chi connectivity index (χ0) is 13.9. The summed E-state index contributed by atoms with van der Waals surface area (Å²) in [5.41, 5.74) is 3.22. The Balaban J connectivity index is 2.07. The van der Waals surface area contributed by atoms with E-state index in [4.69, 9.17) is 4.98 Å². The summed E-state index contributed by atoms with van der Waals surface area (Å²) in [6.45, 7) is 5.98. The molecule has 0 aliphatic rings. The highest BCUT2D eigenvalue weighted by molar-refractivity contribution is 5.48. The van der Waals surface area contributed by atoms with Crippen LogP contribution in [0.2, 0.25) is 0 Å². The van der Waals surface area contributed by atoms with Crippen molar-refractivity contribution in [2.24, 2.45) is 0 Å². The fourth-order valence-corrected chi connectivity index (χ4v) is 2.29. The molecule has 5 heteroatoms. The van der Waals surface area contributed by atoms with E-state index in [9.17, 15) is 0 Å². The van der Waals surface area contributed by atoms with Gasteiger partial charge < -0.3 is 9.72 Å². The Kier molecular flexibility index (Phi) is 3.52. The van der Waals surface area contributed by atoms with Gasteiger partial charge in [-0.1, -0.05) is 13.0 Å². The molecule has 0 radical (unpaired) electrons. The van der Waals surface area contributed by atoms with Crippen molar-refractivity contribution in [1.82, 2.24) is 24.5 Å². The van der Waals surface area contributed by atoms with Gasteiger partial charge >= 0.3 is 0 Å². The minimum atomic E-state index is 0.785. The molecule has 20 heavy (non-hydrogen) atoms. The molecule has 0 saturated carbocycles. The summed E-state index contributed by atoms with van der Waals surface area (Å²) >= 11 is 0. The van der Waals surface area contributed by atoms with E-state index in [1.54, 1.807) is 0 Å². The van der Waals surface area contributed by atoms with E-state index in [1.807, 2.05) is 48.4 Å². The topological polar surface area (TPSA) is 47.2 Å². The molecule has 0 fully saturated rings. The third kappa shape index (κ3) is 2.32. The molecule has 104 valence electrons. The van der Waals surface area contributed by atoms with Crippen molar-refractivity contribution < 1.29 is 0 Å². The van der Waals surface area contributed by atoms with Gasteiger partial charge in [-0.3, -0.25) is 0 Å². The maximum Gasteiger partial charge on any atom is 0.176 e. The highest BCUT2D eigenvalue weighted by atomic mass is 15.3. The lowest BCUT2D eigenvalue weighted by atomic mass is 10.3. The van der Waals surface area contributed by atoms with Crippen LogP contribution in [0.3, 0.4) is 0 Å². The molecule has 0 aliphatic carbocycles. The lowest BCUT2D eigenvalue weighted by molar-refractivity contribution is 0.654. The molecular formula is C15H19N5. The van der Waals surface area contributed by atoms with E-state index in [0.717, 1.165) is 42.2 Å². The van der Waals surface area contributed by atoms with Gasteiger partial charge in [0, 0.05) is 18.9 Å². The largest absolute Gasteiger partial charge is 0.311 e. The van der Waals surface area contributed by atoms with Gasteiger partial charge in [-0.25, -0.2) is 9.67 Å². The van der Waals surface area contributed by atoms with Crippen LogP contribution < -0.4 is 5.32 Å². The summed E-state index contributed by atoms with van der Waals surface area (Å²) in [7, 11) is 0. The van der Waals surface area contributed by atoms with Crippen molar-refractivity contribution in [3.63, 3.8) is 0 Å². The monoisotopic (exact) mass is 269 g/mol. The number of aryl methyl sites for hydroxylation is 1. The molecule has 3 aromatic rings. The number of fused-ring (bicyclic) bond motifs is 1. The number of rotatable bonds is 5. The molecule has 0 saturated heterocycles. The Bertz CT molecular complexity index is 710. The fraction of sp³-hybridized carbons (Fsp3) is 0.333. The van der Waals surface area contributed by atoms with Crippen molar-refractivity contribution in [2.45, 2.75) is 26.8 Å². The molecule has 3 aromatic heterocycles. The first-order valence-electron chi connectivity index (χ1n) is 6.98. The maximum atomic E-state index is 4.70. The molecule has 5 nitrogen and oxygen atoms in total. The smallest absolute Gasteiger partial charge is 0.176 e. The number of hydrogen-bond acceptors (Lipinski definition) is 3. The van der Waals surface area contributed by atoms with Crippen molar-refractivity contribution in [3.8, 4) is 5.82 Å². The third-order valence-corrected chi connectivity index (χ3v) is 3.26. The Morgan fingerprint density at radius 3 is 2.95 bits per heavy atom. The normalized spacial score (nSPS) is 11.3. The molecule has 0 amide bonds. The van der Waals surface area contributed by atoms with Gasteiger partial charge in [0.1, 0.15) is 5.65 Å². The summed E-state index contributed by atoms with van der Waals surface area (Å²) in [6.07, 6.45) is 7.02. The predicted octanol–water partition coefficient (Wildman–Crippen LogP) is 2.33. The standard InChI is InChI=1S/C15H19N5/c1-3-7-16-10-13-15(20-11-12(2)9-17-20)18-14-6-4-5-8-19(13)14/h4-6,8-9,11,16H,3,7,10H2,1-2H3. The first-order valence-corrected chi connectivity index (χ1v) is 6.98. The molecular weight excluding hydrogens is 250 g/mol. The Labute approximate surface area is 118 Å². The van der Waals surface area contributed by atoms with Gasteiger partial charge in [0.05, 0.1) is 11.9 Å². The van der Waals surface area contributed by atoms with E-state index in [1.165, 1.54) is 0 Å². The van der Waals surface area contributed by atoms with Crippen molar-refractivity contribution in [1.29, 1.82) is 0 Å². The highest BCUT2D eigenvalue weighted by Crippen LogP contribution is 2.16. The van der Waals surface area contributed by atoms with Crippen LogP contribution in [0.4, 0.5) is 0 Å². The average Bonchev–Trinajstić information content (AvgIpc) is 3.03.